The molecular weight excluding hydrogens is 452 g/mol. The topological polar surface area (TPSA) is 73.9 Å². The van der Waals surface area contributed by atoms with Gasteiger partial charge in [0.1, 0.15) is 5.75 Å². The molecule has 0 saturated carbocycles. The lowest BCUT2D eigenvalue weighted by Crippen LogP contribution is -2.47. The second kappa shape index (κ2) is 13.2. The number of anilines is 3. The molecule has 0 aliphatic carbocycles. The molecule has 0 aromatic heterocycles. The van der Waals surface area contributed by atoms with Crippen LogP contribution in [0.2, 0.25) is 0 Å². The number of carbonyl (C=O) groups excluding carboxylic acids is 2. The van der Waals surface area contributed by atoms with E-state index in [2.05, 4.69) is 40.3 Å². The Morgan fingerprint density at radius 3 is 2.25 bits per heavy atom. The lowest BCUT2D eigenvalue weighted by molar-refractivity contribution is -0.120. The van der Waals surface area contributed by atoms with Crippen LogP contribution in [0.15, 0.2) is 42.5 Å². The van der Waals surface area contributed by atoms with Crippen molar-refractivity contribution in [2.75, 3.05) is 48.4 Å². The van der Waals surface area contributed by atoms with Crippen molar-refractivity contribution in [2.45, 2.75) is 59.4 Å². The van der Waals surface area contributed by atoms with Crippen LogP contribution in [0.1, 0.15) is 63.7 Å². The second-order valence-electron chi connectivity index (χ2n) is 9.74. The van der Waals surface area contributed by atoms with Crippen molar-refractivity contribution in [1.29, 1.82) is 0 Å². The molecule has 196 valence electrons. The normalized spacial score (nSPS) is 14.5. The van der Waals surface area contributed by atoms with Crippen LogP contribution in [0.3, 0.4) is 0 Å². The van der Waals surface area contributed by atoms with E-state index < -0.39 is 0 Å². The van der Waals surface area contributed by atoms with Crippen molar-refractivity contribution >= 4 is 28.9 Å². The first kappa shape index (κ1) is 27.4. The Morgan fingerprint density at radius 1 is 0.972 bits per heavy atom. The fourth-order valence-electron chi connectivity index (χ4n) is 4.71. The predicted molar refractivity (Wildman–Crippen MR) is 148 cm³/mol. The SMILES string of the molecule is CCCCC(CC)C(=O)Nc1ccc(N2CCN(c3ccccc3OC)CC2)c(C(=O)NC(C)C)c1. The molecule has 1 aliphatic heterocycles. The number of ether oxygens (including phenoxy) is 1. The lowest BCUT2D eigenvalue weighted by Gasteiger charge is -2.38. The number of hydrogen-bond donors (Lipinski definition) is 2. The van der Waals surface area contributed by atoms with E-state index in [0.717, 1.165) is 69.0 Å². The number of hydrogen-bond acceptors (Lipinski definition) is 5. The summed E-state index contributed by atoms with van der Waals surface area (Å²) in [4.78, 5) is 30.6. The fraction of sp³-hybridized carbons (Fsp3) is 0.517. The van der Waals surface area contributed by atoms with Crippen molar-refractivity contribution < 1.29 is 14.3 Å². The van der Waals surface area contributed by atoms with Crippen LogP contribution in [-0.4, -0.2) is 51.1 Å². The average Bonchev–Trinajstić information content (AvgIpc) is 2.88. The van der Waals surface area contributed by atoms with Gasteiger partial charge < -0.3 is 25.2 Å². The number of amides is 2. The Hall–Kier alpha value is -3.22. The van der Waals surface area contributed by atoms with Gasteiger partial charge in [-0.1, -0.05) is 38.8 Å². The summed E-state index contributed by atoms with van der Waals surface area (Å²) in [6, 6.07) is 13.8. The van der Waals surface area contributed by atoms with E-state index in [1.165, 1.54) is 0 Å². The summed E-state index contributed by atoms with van der Waals surface area (Å²) >= 11 is 0. The van der Waals surface area contributed by atoms with E-state index in [-0.39, 0.29) is 23.8 Å². The van der Waals surface area contributed by atoms with Crippen molar-refractivity contribution in [3.8, 4) is 5.75 Å². The molecule has 36 heavy (non-hydrogen) atoms. The molecule has 0 spiro atoms. The first-order valence-electron chi connectivity index (χ1n) is 13.3. The fourth-order valence-corrected chi connectivity index (χ4v) is 4.71. The minimum absolute atomic E-state index is 0.0133. The molecule has 1 saturated heterocycles. The standard InChI is InChI=1S/C29H42N4O3/c1-6-8-11-22(7-2)28(34)31-23-14-15-25(24(20-23)29(35)30-21(3)4)32-16-18-33(19-17-32)26-12-9-10-13-27(26)36-5/h9-10,12-15,20-22H,6-8,11,16-19H2,1-5H3,(H,30,35)(H,31,34). The molecule has 7 nitrogen and oxygen atoms in total. The monoisotopic (exact) mass is 494 g/mol. The molecule has 0 bridgehead atoms. The number of piperazine rings is 1. The van der Waals surface area contributed by atoms with Gasteiger partial charge in [0.15, 0.2) is 0 Å². The quantitative estimate of drug-likeness (QED) is 0.443. The Morgan fingerprint density at radius 2 is 1.64 bits per heavy atom. The molecule has 7 heteroatoms. The van der Waals surface area contributed by atoms with E-state index in [0.29, 0.717) is 11.3 Å². The summed E-state index contributed by atoms with van der Waals surface area (Å²) in [5.41, 5.74) is 3.24. The summed E-state index contributed by atoms with van der Waals surface area (Å²) in [7, 11) is 1.70. The first-order chi connectivity index (χ1) is 17.4. The van der Waals surface area contributed by atoms with Gasteiger partial charge in [-0.15, -0.1) is 0 Å². The molecule has 2 aromatic carbocycles. The maximum absolute atomic E-state index is 13.2. The Kier molecular flexibility index (Phi) is 10.0. The average molecular weight is 495 g/mol. The molecule has 3 rings (SSSR count). The number of rotatable bonds is 11. The molecule has 2 N–H and O–H groups in total. The Balaban J connectivity index is 1.79. The van der Waals surface area contributed by atoms with Crippen molar-refractivity contribution in [2.24, 2.45) is 5.92 Å². The van der Waals surface area contributed by atoms with Crippen molar-refractivity contribution in [3.63, 3.8) is 0 Å². The Labute approximate surface area is 216 Å². The van der Waals surface area contributed by atoms with Crippen LogP contribution in [0.25, 0.3) is 0 Å². The minimum atomic E-state index is -0.124. The van der Waals surface area contributed by atoms with Crippen molar-refractivity contribution in [3.05, 3.63) is 48.0 Å². The van der Waals surface area contributed by atoms with Gasteiger partial charge in [-0.3, -0.25) is 9.59 Å². The molecule has 1 aliphatic rings. The van der Waals surface area contributed by atoms with Gasteiger partial charge in [-0.25, -0.2) is 0 Å². The number of benzene rings is 2. The van der Waals surface area contributed by atoms with E-state index in [4.69, 9.17) is 4.74 Å². The second-order valence-corrected chi connectivity index (χ2v) is 9.74. The zero-order valence-electron chi connectivity index (χ0n) is 22.5. The number of nitrogens with one attached hydrogen (secondary N) is 2. The van der Waals surface area contributed by atoms with Crippen LogP contribution in [-0.2, 0) is 4.79 Å². The van der Waals surface area contributed by atoms with E-state index in [1.54, 1.807) is 7.11 Å². The number of nitrogens with zero attached hydrogens (tertiary/aromatic N) is 2. The first-order valence-corrected chi connectivity index (χ1v) is 13.3. The van der Waals surface area contributed by atoms with E-state index in [9.17, 15) is 9.59 Å². The molecule has 1 atom stereocenters. The number of carbonyl (C=O) groups is 2. The van der Waals surface area contributed by atoms with E-state index in [1.807, 2.05) is 50.2 Å². The summed E-state index contributed by atoms with van der Waals surface area (Å²) in [6.07, 6.45) is 3.80. The van der Waals surface area contributed by atoms with Crippen molar-refractivity contribution in [1.82, 2.24) is 5.32 Å². The van der Waals surface area contributed by atoms with E-state index >= 15 is 0 Å². The predicted octanol–water partition coefficient (Wildman–Crippen LogP) is 5.31. The number of unbranched alkanes of at least 4 members (excludes halogenated alkanes) is 1. The Bertz CT molecular complexity index is 1020. The van der Waals surface area contributed by atoms with Crippen LogP contribution in [0.5, 0.6) is 5.75 Å². The van der Waals surface area contributed by atoms with Crippen LogP contribution in [0, 0.1) is 5.92 Å². The highest BCUT2D eigenvalue weighted by molar-refractivity contribution is 6.02. The van der Waals surface area contributed by atoms with Crippen LogP contribution < -0.4 is 25.2 Å². The number of para-hydroxylation sites is 2. The molecule has 1 unspecified atom stereocenters. The minimum Gasteiger partial charge on any atom is -0.495 e. The summed E-state index contributed by atoms with van der Waals surface area (Å²) < 4.78 is 5.55. The molecule has 2 aromatic rings. The largest absolute Gasteiger partial charge is 0.495 e. The van der Waals surface area contributed by atoms with Gasteiger partial charge >= 0.3 is 0 Å². The highest BCUT2D eigenvalue weighted by Crippen LogP contribution is 2.31. The molecule has 1 heterocycles. The zero-order chi connectivity index (χ0) is 26.1. The van der Waals surface area contributed by atoms with Gasteiger partial charge in [0.05, 0.1) is 18.4 Å². The maximum atomic E-state index is 13.2. The number of methoxy groups -OCH3 is 1. The van der Waals surface area contributed by atoms with Gasteiger partial charge in [0, 0.05) is 49.5 Å². The maximum Gasteiger partial charge on any atom is 0.253 e. The molecule has 0 radical (unpaired) electrons. The van der Waals surface area contributed by atoms with Gasteiger partial charge in [0.2, 0.25) is 5.91 Å². The van der Waals surface area contributed by atoms with Gasteiger partial charge in [-0.2, -0.15) is 0 Å². The third-order valence-electron chi connectivity index (χ3n) is 6.74. The summed E-state index contributed by atoms with van der Waals surface area (Å²) in [5, 5.41) is 6.09. The third kappa shape index (κ3) is 6.93. The lowest BCUT2D eigenvalue weighted by atomic mass is 9.98. The molecular formula is C29H42N4O3. The molecule has 1 fully saturated rings. The summed E-state index contributed by atoms with van der Waals surface area (Å²) in [6.45, 7) is 11.3. The van der Waals surface area contributed by atoms with Crippen LogP contribution in [0.4, 0.5) is 17.1 Å². The third-order valence-corrected chi connectivity index (χ3v) is 6.74. The highest BCUT2D eigenvalue weighted by atomic mass is 16.5. The van der Waals surface area contributed by atoms with Gasteiger partial charge in [0.25, 0.3) is 5.91 Å². The highest BCUT2D eigenvalue weighted by Gasteiger charge is 2.24. The van der Waals surface area contributed by atoms with Crippen LogP contribution >= 0.6 is 0 Å². The smallest absolute Gasteiger partial charge is 0.253 e. The molecule has 2 amide bonds. The summed E-state index contributed by atoms with van der Waals surface area (Å²) in [5.74, 6) is 0.758. The zero-order valence-corrected chi connectivity index (χ0v) is 22.5. The van der Waals surface area contributed by atoms with Gasteiger partial charge in [-0.05, 0) is 57.0 Å².